The van der Waals surface area contributed by atoms with Gasteiger partial charge in [0.1, 0.15) is 6.04 Å². The van der Waals surface area contributed by atoms with E-state index < -0.39 is 30.3 Å². The molecule has 6 heteroatoms. The second-order valence-electron chi connectivity index (χ2n) is 5.63. The van der Waals surface area contributed by atoms with Crippen LogP contribution in [0.5, 0.6) is 0 Å². The van der Waals surface area contributed by atoms with Gasteiger partial charge in [-0.1, -0.05) is 60.7 Å². The maximum atomic E-state index is 12.3. The van der Waals surface area contributed by atoms with E-state index in [2.05, 4.69) is 5.32 Å². The van der Waals surface area contributed by atoms with Gasteiger partial charge in [-0.15, -0.1) is 0 Å². The van der Waals surface area contributed by atoms with Crippen molar-refractivity contribution in [3.05, 3.63) is 71.8 Å². The van der Waals surface area contributed by atoms with Gasteiger partial charge in [0, 0.05) is 12.3 Å². The number of carbonyl (C=O) groups is 3. The summed E-state index contributed by atoms with van der Waals surface area (Å²) in [4.78, 5) is 34.2. The standard InChI is InChI=1S/C19H19NO5/c21-17(20-16(19(24)25)12-18(22)23)11-15(13-7-3-1-4-8-13)14-9-5-2-6-10-14/h1-10,15-16H,11-12H2,(H,20,21)(H,22,23)(H,24,25). The van der Waals surface area contributed by atoms with Crippen molar-refractivity contribution in [2.75, 3.05) is 0 Å². The van der Waals surface area contributed by atoms with Crippen molar-refractivity contribution in [1.82, 2.24) is 5.32 Å². The molecule has 3 N–H and O–H groups in total. The number of carbonyl (C=O) groups excluding carboxylic acids is 1. The van der Waals surface area contributed by atoms with E-state index in [-0.39, 0.29) is 12.3 Å². The van der Waals surface area contributed by atoms with E-state index in [1.54, 1.807) is 0 Å². The van der Waals surface area contributed by atoms with E-state index in [0.717, 1.165) is 11.1 Å². The predicted octanol–water partition coefficient (Wildman–Crippen LogP) is 2.25. The van der Waals surface area contributed by atoms with Gasteiger partial charge >= 0.3 is 11.9 Å². The van der Waals surface area contributed by atoms with Crippen LogP contribution in [-0.4, -0.2) is 34.1 Å². The van der Waals surface area contributed by atoms with Crippen LogP contribution in [0, 0.1) is 0 Å². The Kier molecular flexibility index (Phi) is 6.28. The average Bonchev–Trinajstić information content (AvgIpc) is 2.60. The highest BCUT2D eigenvalue weighted by Crippen LogP contribution is 2.27. The minimum Gasteiger partial charge on any atom is -0.481 e. The number of carboxylic acid groups (broad SMARTS) is 2. The highest BCUT2D eigenvalue weighted by molar-refractivity contribution is 5.87. The molecule has 130 valence electrons. The van der Waals surface area contributed by atoms with Crippen LogP contribution >= 0.6 is 0 Å². The van der Waals surface area contributed by atoms with Gasteiger partial charge in [0.15, 0.2) is 0 Å². The molecule has 1 amide bonds. The van der Waals surface area contributed by atoms with Crippen LogP contribution < -0.4 is 5.32 Å². The van der Waals surface area contributed by atoms with Gasteiger partial charge in [-0.25, -0.2) is 4.79 Å². The fourth-order valence-corrected chi connectivity index (χ4v) is 2.61. The summed E-state index contributed by atoms with van der Waals surface area (Å²) in [5.41, 5.74) is 1.85. The third-order valence-electron chi connectivity index (χ3n) is 3.81. The molecule has 0 aliphatic rings. The number of aliphatic carboxylic acids is 2. The van der Waals surface area contributed by atoms with Crippen LogP contribution in [0.4, 0.5) is 0 Å². The first kappa shape index (κ1) is 18.2. The molecule has 0 saturated heterocycles. The lowest BCUT2D eigenvalue weighted by atomic mass is 9.88. The van der Waals surface area contributed by atoms with E-state index >= 15 is 0 Å². The molecule has 25 heavy (non-hydrogen) atoms. The summed E-state index contributed by atoms with van der Waals surface area (Å²) in [5, 5.41) is 20.1. The molecule has 0 aliphatic heterocycles. The zero-order valence-corrected chi connectivity index (χ0v) is 13.5. The lowest BCUT2D eigenvalue weighted by Gasteiger charge is -2.19. The summed E-state index contributed by atoms with van der Waals surface area (Å²) in [7, 11) is 0. The molecule has 0 heterocycles. The molecule has 0 fully saturated rings. The van der Waals surface area contributed by atoms with Crippen molar-refractivity contribution < 1.29 is 24.6 Å². The largest absolute Gasteiger partial charge is 0.481 e. The molecule has 0 bridgehead atoms. The van der Waals surface area contributed by atoms with Crippen LogP contribution in [0.25, 0.3) is 0 Å². The van der Waals surface area contributed by atoms with Crippen molar-refractivity contribution in [2.45, 2.75) is 24.8 Å². The maximum absolute atomic E-state index is 12.3. The highest BCUT2D eigenvalue weighted by Gasteiger charge is 2.25. The minimum atomic E-state index is -1.45. The van der Waals surface area contributed by atoms with Gasteiger partial charge in [-0.05, 0) is 11.1 Å². The van der Waals surface area contributed by atoms with Crippen LogP contribution in [0.3, 0.4) is 0 Å². The maximum Gasteiger partial charge on any atom is 0.326 e. The third kappa shape index (κ3) is 5.46. The van der Waals surface area contributed by atoms with Gasteiger partial charge in [0.25, 0.3) is 0 Å². The van der Waals surface area contributed by atoms with E-state index in [9.17, 15) is 14.4 Å². The quantitative estimate of drug-likeness (QED) is 0.683. The molecule has 2 aromatic rings. The fourth-order valence-electron chi connectivity index (χ4n) is 2.61. The van der Waals surface area contributed by atoms with Crippen molar-refractivity contribution in [3.8, 4) is 0 Å². The fraction of sp³-hybridized carbons (Fsp3) is 0.211. The van der Waals surface area contributed by atoms with E-state index in [0.29, 0.717) is 0 Å². The van der Waals surface area contributed by atoms with Crippen molar-refractivity contribution >= 4 is 17.8 Å². The minimum absolute atomic E-state index is 0.0252. The monoisotopic (exact) mass is 341 g/mol. The van der Waals surface area contributed by atoms with E-state index in [1.807, 2.05) is 60.7 Å². The number of hydrogen-bond acceptors (Lipinski definition) is 3. The molecule has 0 radical (unpaired) electrons. The molecule has 0 aliphatic carbocycles. The van der Waals surface area contributed by atoms with Gasteiger partial charge in [0.2, 0.25) is 5.91 Å². The average molecular weight is 341 g/mol. The van der Waals surface area contributed by atoms with Crippen LogP contribution in [0.15, 0.2) is 60.7 Å². The summed E-state index contributed by atoms with van der Waals surface area (Å²) in [6, 6.07) is 17.4. The molecular formula is C19H19NO5. The Bertz CT molecular complexity index is 690. The van der Waals surface area contributed by atoms with Crippen molar-refractivity contribution in [1.29, 1.82) is 0 Å². The van der Waals surface area contributed by atoms with E-state index in [1.165, 1.54) is 0 Å². The molecule has 0 aromatic heterocycles. The SMILES string of the molecule is O=C(O)CC(NC(=O)CC(c1ccccc1)c1ccccc1)C(=O)O. The lowest BCUT2D eigenvalue weighted by molar-refractivity contribution is -0.147. The molecule has 2 aromatic carbocycles. The van der Waals surface area contributed by atoms with Crippen LogP contribution in [0.2, 0.25) is 0 Å². The van der Waals surface area contributed by atoms with Crippen LogP contribution in [0.1, 0.15) is 29.9 Å². The highest BCUT2D eigenvalue weighted by atomic mass is 16.4. The molecule has 2 rings (SSSR count). The van der Waals surface area contributed by atoms with Gasteiger partial charge in [-0.2, -0.15) is 0 Å². The number of rotatable bonds is 8. The van der Waals surface area contributed by atoms with Gasteiger partial charge in [-0.3, -0.25) is 9.59 Å². The Labute approximate surface area is 145 Å². The first-order chi connectivity index (χ1) is 12.0. The van der Waals surface area contributed by atoms with Crippen molar-refractivity contribution in [3.63, 3.8) is 0 Å². The molecular weight excluding hydrogens is 322 g/mol. The second-order valence-corrected chi connectivity index (χ2v) is 5.63. The molecule has 0 saturated carbocycles. The van der Waals surface area contributed by atoms with Gasteiger partial charge in [0.05, 0.1) is 6.42 Å². The predicted molar refractivity (Wildman–Crippen MR) is 91.2 cm³/mol. The van der Waals surface area contributed by atoms with Crippen LogP contribution in [-0.2, 0) is 14.4 Å². The Morgan fingerprint density at radius 2 is 1.28 bits per heavy atom. The molecule has 0 spiro atoms. The Morgan fingerprint density at radius 3 is 1.68 bits per heavy atom. The van der Waals surface area contributed by atoms with Crippen molar-refractivity contribution in [2.24, 2.45) is 0 Å². The molecule has 1 atom stereocenters. The van der Waals surface area contributed by atoms with E-state index in [4.69, 9.17) is 10.2 Å². The first-order valence-corrected chi connectivity index (χ1v) is 7.81. The summed E-state index contributed by atoms with van der Waals surface area (Å²) >= 11 is 0. The Morgan fingerprint density at radius 1 is 0.800 bits per heavy atom. The Hall–Kier alpha value is -3.15. The summed E-state index contributed by atoms with van der Waals surface area (Å²) in [6.45, 7) is 0. The zero-order chi connectivity index (χ0) is 18.2. The lowest BCUT2D eigenvalue weighted by Crippen LogP contribution is -2.42. The third-order valence-corrected chi connectivity index (χ3v) is 3.81. The Balaban J connectivity index is 2.18. The second kappa shape index (κ2) is 8.63. The summed E-state index contributed by atoms with van der Waals surface area (Å²) in [6.07, 6.45) is -0.639. The topological polar surface area (TPSA) is 104 Å². The summed E-state index contributed by atoms with van der Waals surface area (Å²) < 4.78 is 0. The zero-order valence-electron chi connectivity index (χ0n) is 13.5. The number of benzene rings is 2. The smallest absolute Gasteiger partial charge is 0.326 e. The number of hydrogen-bond donors (Lipinski definition) is 3. The first-order valence-electron chi connectivity index (χ1n) is 7.81. The molecule has 1 unspecified atom stereocenters. The number of amides is 1. The summed E-state index contributed by atoms with van der Waals surface area (Å²) in [5.74, 6) is -3.41. The van der Waals surface area contributed by atoms with Gasteiger partial charge < -0.3 is 15.5 Å². The normalized spacial score (nSPS) is 11.7. The number of nitrogens with one attached hydrogen (secondary N) is 1. The number of carboxylic acids is 2. The molecule has 6 nitrogen and oxygen atoms in total.